The number of pyridine rings is 1. The van der Waals surface area contributed by atoms with Gasteiger partial charge in [-0.05, 0) is 19.1 Å². The third-order valence-electron chi connectivity index (χ3n) is 2.32. The van der Waals surface area contributed by atoms with Crippen molar-refractivity contribution in [1.82, 2.24) is 15.0 Å². The van der Waals surface area contributed by atoms with E-state index in [1.165, 1.54) is 12.5 Å². The number of anilines is 1. The average Bonchev–Trinajstić information content (AvgIpc) is 2.40. The van der Waals surface area contributed by atoms with Gasteiger partial charge in [0, 0.05) is 6.20 Å². The first-order chi connectivity index (χ1) is 8.31. The molecule has 0 spiro atoms. The van der Waals surface area contributed by atoms with Crippen LogP contribution in [0.15, 0.2) is 36.9 Å². The monoisotopic (exact) mass is 225 g/mol. The molecule has 2 aromatic heterocycles. The molecule has 5 nitrogen and oxygen atoms in total. The molecule has 5 heteroatoms. The molecule has 0 aliphatic rings. The van der Waals surface area contributed by atoms with E-state index in [1.807, 2.05) is 31.2 Å². The van der Waals surface area contributed by atoms with Gasteiger partial charge in [0.05, 0.1) is 17.9 Å². The van der Waals surface area contributed by atoms with Crippen molar-refractivity contribution in [2.45, 2.75) is 13.0 Å². The molecular weight excluding hydrogens is 214 g/mol. The van der Waals surface area contributed by atoms with Gasteiger partial charge in [0.25, 0.3) is 0 Å². The van der Waals surface area contributed by atoms with Gasteiger partial charge in [-0.3, -0.25) is 4.98 Å². The van der Waals surface area contributed by atoms with Gasteiger partial charge in [0.15, 0.2) is 0 Å². The molecule has 2 rings (SSSR count). The van der Waals surface area contributed by atoms with Crippen LogP contribution in [0.5, 0.6) is 0 Å². The first kappa shape index (κ1) is 11.0. The van der Waals surface area contributed by atoms with E-state index in [1.54, 1.807) is 6.20 Å². The van der Waals surface area contributed by atoms with Gasteiger partial charge >= 0.3 is 0 Å². The van der Waals surface area contributed by atoms with Crippen molar-refractivity contribution in [3.05, 3.63) is 48.2 Å². The van der Waals surface area contributed by atoms with Gasteiger partial charge in [0.2, 0.25) is 0 Å². The Morgan fingerprint density at radius 2 is 2.24 bits per heavy atom. The van der Waals surface area contributed by atoms with Gasteiger partial charge in [-0.2, -0.15) is 5.26 Å². The third kappa shape index (κ3) is 2.55. The van der Waals surface area contributed by atoms with Crippen LogP contribution in [0.25, 0.3) is 0 Å². The predicted molar refractivity (Wildman–Crippen MR) is 63.0 cm³/mol. The topological polar surface area (TPSA) is 74.5 Å². The Bertz CT molecular complexity index is 532. The van der Waals surface area contributed by atoms with Crippen molar-refractivity contribution in [2.75, 3.05) is 5.32 Å². The molecule has 1 atom stereocenters. The van der Waals surface area contributed by atoms with Gasteiger partial charge in [-0.15, -0.1) is 0 Å². The van der Waals surface area contributed by atoms with E-state index >= 15 is 0 Å². The van der Waals surface area contributed by atoms with Crippen LogP contribution in [0.1, 0.15) is 24.2 Å². The van der Waals surface area contributed by atoms with Crippen molar-refractivity contribution < 1.29 is 0 Å². The number of nitriles is 1. The van der Waals surface area contributed by atoms with Gasteiger partial charge in [-0.1, -0.05) is 6.07 Å². The average molecular weight is 225 g/mol. The zero-order valence-corrected chi connectivity index (χ0v) is 9.33. The molecule has 1 unspecified atom stereocenters. The molecular formula is C12H11N5. The molecule has 2 aromatic rings. The largest absolute Gasteiger partial charge is 0.361 e. The molecule has 84 valence electrons. The second-order valence-corrected chi connectivity index (χ2v) is 3.52. The van der Waals surface area contributed by atoms with E-state index in [4.69, 9.17) is 5.26 Å². The Morgan fingerprint density at radius 3 is 2.94 bits per heavy atom. The zero-order chi connectivity index (χ0) is 12.1. The first-order valence-corrected chi connectivity index (χ1v) is 5.19. The summed E-state index contributed by atoms with van der Waals surface area (Å²) in [5, 5.41) is 12.1. The molecule has 0 saturated carbocycles. The lowest BCUT2D eigenvalue weighted by Gasteiger charge is -2.14. The summed E-state index contributed by atoms with van der Waals surface area (Å²) >= 11 is 0. The Balaban J connectivity index is 2.19. The van der Waals surface area contributed by atoms with E-state index in [0.717, 1.165) is 5.69 Å². The second-order valence-electron chi connectivity index (χ2n) is 3.52. The van der Waals surface area contributed by atoms with Gasteiger partial charge in [0.1, 0.15) is 23.8 Å². The van der Waals surface area contributed by atoms with Crippen LogP contribution in [0.3, 0.4) is 0 Å². The lowest BCUT2D eigenvalue weighted by atomic mass is 10.2. The Hall–Kier alpha value is -2.48. The fourth-order valence-corrected chi connectivity index (χ4v) is 1.44. The minimum absolute atomic E-state index is 0.0156. The van der Waals surface area contributed by atoms with Crippen LogP contribution in [0.2, 0.25) is 0 Å². The third-order valence-corrected chi connectivity index (χ3v) is 2.32. The number of nitrogens with one attached hydrogen (secondary N) is 1. The Labute approximate surface area is 99.2 Å². The number of aromatic nitrogens is 3. The molecule has 0 aliphatic heterocycles. The number of rotatable bonds is 3. The van der Waals surface area contributed by atoms with E-state index in [9.17, 15) is 0 Å². The van der Waals surface area contributed by atoms with Crippen LogP contribution >= 0.6 is 0 Å². The predicted octanol–water partition coefficient (Wildman–Crippen LogP) is 1.92. The normalized spacial score (nSPS) is 11.5. The van der Waals surface area contributed by atoms with Crippen molar-refractivity contribution in [1.29, 1.82) is 5.26 Å². The van der Waals surface area contributed by atoms with Crippen LogP contribution in [-0.2, 0) is 0 Å². The second kappa shape index (κ2) is 5.03. The van der Waals surface area contributed by atoms with Crippen LogP contribution in [0.4, 0.5) is 5.82 Å². The quantitative estimate of drug-likeness (QED) is 0.863. The van der Waals surface area contributed by atoms with Crippen molar-refractivity contribution >= 4 is 5.82 Å². The van der Waals surface area contributed by atoms with E-state index in [0.29, 0.717) is 11.4 Å². The van der Waals surface area contributed by atoms with E-state index < -0.39 is 0 Å². The summed E-state index contributed by atoms with van der Waals surface area (Å²) in [5.74, 6) is 0.528. The summed E-state index contributed by atoms with van der Waals surface area (Å²) < 4.78 is 0. The standard InChI is InChI=1S/C12H11N5/c1-9(11-4-2-3-5-15-11)17-12-10(6-13)7-14-8-16-12/h2-5,7-9H,1H3,(H,14,16,17). The van der Waals surface area contributed by atoms with Crippen molar-refractivity contribution in [2.24, 2.45) is 0 Å². The summed E-state index contributed by atoms with van der Waals surface area (Å²) in [6.45, 7) is 1.96. The number of hydrogen-bond donors (Lipinski definition) is 1. The molecule has 0 amide bonds. The number of hydrogen-bond acceptors (Lipinski definition) is 5. The fourth-order valence-electron chi connectivity index (χ4n) is 1.44. The van der Waals surface area contributed by atoms with E-state index in [2.05, 4.69) is 20.3 Å². The van der Waals surface area contributed by atoms with Crippen LogP contribution < -0.4 is 5.32 Å². The summed E-state index contributed by atoms with van der Waals surface area (Å²) in [6.07, 6.45) is 4.63. The SMILES string of the molecule is CC(Nc1ncncc1C#N)c1ccccn1. The molecule has 1 N–H and O–H groups in total. The highest BCUT2D eigenvalue weighted by atomic mass is 15.0. The Kier molecular flexibility index (Phi) is 3.26. The first-order valence-electron chi connectivity index (χ1n) is 5.19. The summed E-state index contributed by atoms with van der Waals surface area (Å²) in [7, 11) is 0. The smallest absolute Gasteiger partial charge is 0.147 e. The molecule has 0 fully saturated rings. The summed E-state index contributed by atoms with van der Waals surface area (Å²) in [4.78, 5) is 12.1. The molecule has 0 aromatic carbocycles. The molecule has 0 saturated heterocycles. The van der Waals surface area contributed by atoms with Crippen molar-refractivity contribution in [3.63, 3.8) is 0 Å². The maximum atomic E-state index is 8.92. The highest BCUT2D eigenvalue weighted by Gasteiger charge is 2.09. The zero-order valence-electron chi connectivity index (χ0n) is 9.33. The highest BCUT2D eigenvalue weighted by Crippen LogP contribution is 2.17. The molecule has 0 aliphatic carbocycles. The fraction of sp³-hybridized carbons (Fsp3) is 0.167. The van der Waals surface area contributed by atoms with Crippen molar-refractivity contribution in [3.8, 4) is 6.07 Å². The Morgan fingerprint density at radius 1 is 1.35 bits per heavy atom. The summed E-state index contributed by atoms with van der Waals surface area (Å²) in [5.41, 5.74) is 1.32. The molecule has 0 bridgehead atoms. The molecule has 0 radical (unpaired) electrons. The van der Waals surface area contributed by atoms with Gasteiger partial charge in [-0.25, -0.2) is 9.97 Å². The molecule has 17 heavy (non-hydrogen) atoms. The molecule has 2 heterocycles. The summed E-state index contributed by atoms with van der Waals surface area (Å²) in [6, 6.07) is 7.74. The highest BCUT2D eigenvalue weighted by molar-refractivity contribution is 5.50. The lowest BCUT2D eigenvalue weighted by Crippen LogP contribution is -2.10. The number of nitrogens with zero attached hydrogens (tertiary/aromatic N) is 4. The van der Waals surface area contributed by atoms with E-state index in [-0.39, 0.29) is 6.04 Å². The van der Waals surface area contributed by atoms with Crippen LogP contribution in [0, 0.1) is 11.3 Å². The van der Waals surface area contributed by atoms with Gasteiger partial charge < -0.3 is 5.32 Å². The minimum atomic E-state index is -0.0156. The lowest BCUT2D eigenvalue weighted by molar-refractivity contribution is 0.829. The maximum absolute atomic E-state index is 8.92. The maximum Gasteiger partial charge on any atom is 0.147 e. The minimum Gasteiger partial charge on any atom is -0.361 e. The van der Waals surface area contributed by atoms with Crippen LogP contribution in [-0.4, -0.2) is 15.0 Å².